The summed E-state index contributed by atoms with van der Waals surface area (Å²) < 4.78 is 10.9. The highest BCUT2D eigenvalue weighted by Gasteiger charge is 2.26. The van der Waals surface area contributed by atoms with Gasteiger partial charge >= 0.3 is 5.97 Å². The minimum atomic E-state index is -0.583. The van der Waals surface area contributed by atoms with Crippen LogP contribution in [0.5, 0.6) is 0 Å². The molecule has 0 unspecified atom stereocenters. The Kier molecular flexibility index (Phi) is 6.11. The topological polar surface area (TPSA) is 98.5 Å². The van der Waals surface area contributed by atoms with E-state index in [1.807, 2.05) is 31.2 Å². The van der Waals surface area contributed by atoms with Gasteiger partial charge in [-0.3, -0.25) is 9.59 Å². The summed E-state index contributed by atoms with van der Waals surface area (Å²) in [6.07, 6.45) is 0. The maximum absolute atomic E-state index is 13.4. The number of fused-ring (bicyclic) bond motifs is 1. The lowest BCUT2D eigenvalue weighted by atomic mass is 10.1. The SMILES string of the molecule is CCOC(=O)c1c(NC(=O)c2cc(-c3ccc(C)o3)nc3ccccc23)sc(C(C)=O)c1C. The van der Waals surface area contributed by atoms with Crippen molar-refractivity contribution >= 4 is 44.9 Å². The van der Waals surface area contributed by atoms with Gasteiger partial charge < -0.3 is 14.5 Å². The molecule has 0 atom stereocenters. The van der Waals surface area contributed by atoms with Crippen molar-refractivity contribution in [3.8, 4) is 11.5 Å². The molecule has 1 amide bonds. The zero-order valence-corrected chi connectivity index (χ0v) is 19.5. The van der Waals surface area contributed by atoms with Crippen LogP contribution in [0.3, 0.4) is 0 Å². The van der Waals surface area contributed by atoms with Gasteiger partial charge in [-0.05, 0) is 57.5 Å². The number of thiophene rings is 1. The molecule has 0 fully saturated rings. The second kappa shape index (κ2) is 8.99. The fourth-order valence-electron chi connectivity index (χ4n) is 3.62. The summed E-state index contributed by atoms with van der Waals surface area (Å²) in [6, 6.07) is 12.6. The summed E-state index contributed by atoms with van der Waals surface area (Å²) >= 11 is 1.06. The first kappa shape index (κ1) is 22.4. The lowest BCUT2D eigenvalue weighted by molar-refractivity contribution is 0.0527. The number of rotatable bonds is 6. The van der Waals surface area contributed by atoms with Gasteiger partial charge in [0.05, 0.1) is 28.1 Å². The summed E-state index contributed by atoms with van der Waals surface area (Å²) in [5, 5.41) is 3.75. The van der Waals surface area contributed by atoms with E-state index in [1.165, 1.54) is 6.92 Å². The van der Waals surface area contributed by atoms with Crippen LogP contribution in [0.1, 0.15) is 55.6 Å². The molecular formula is C25H22N2O5S. The molecule has 0 saturated heterocycles. The van der Waals surface area contributed by atoms with Gasteiger partial charge in [0.25, 0.3) is 5.91 Å². The standard InChI is InChI=1S/C25H22N2O5S/c1-5-31-25(30)21-14(3)22(15(4)28)33-24(21)27-23(29)17-12-19(20-11-10-13(2)32-20)26-18-9-7-6-8-16(17)18/h6-12H,5H2,1-4H3,(H,27,29). The van der Waals surface area contributed by atoms with E-state index in [2.05, 4.69) is 10.3 Å². The van der Waals surface area contributed by atoms with Crippen molar-refractivity contribution in [2.75, 3.05) is 11.9 Å². The Labute approximate surface area is 194 Å². The molecule has 8 heteroatoms. The van der Waals surface area contributed by atoms with E-state index in [0.29, 0.717) is 38.4 Å². The van der Waals surface area contributed by atoms with Crippen molar-refractivity contribution in [3.63, 3.8) is 0 Å². The summed E-state index contributed by atoms with van der Waals surface area (Å²) in [5.74, 6) is 0.0787. The number of furan rings is 1. The van der Waals surface area contributed by atoms with Crippen LogP contribution >= 0.6 is 11.3 Å². The fraction of sp³-hybridized carbons (Fsp3) is 0.200. The van der Waals surface area contributed by atoms with Crippen LogP contribution in [0.15, 0.2) is 46.9 Å². The highest BCUT2D eigenvalue weighted by Crippen LogP contribution is 2.35. The highest BCUT2D eigenvalue weighted by atomic mass is 32.1. The normalized spacial score (nSPS) is 10.9. The van der Waals surface area contributed by atoms with Gasteiger partial charge in [-0.1, -0.05) is 18.2 Å². The molecule has 3 heterocycles. The van der Waals surface area contributed by atoms with Crippen molar-refractivity contribution in [1.29, 1.82) is 0 Å². The zero-order valence-electron chi connectivity index (χ0n) is 18.6. The number of nitrogens with one attached hydrogen (secondary N) is 1. The Bertz CT molecular complexity index is 1400. The van der Waals surface area contributed by atoms with E-state index in [1.54, 1.807) is 32.0 Å². The lowest BCUT2D eigenvalue weighted by Gasteiger charge is -2.10. The number of ketones is 1. The van der Waals surface area contributed by atoms with Gasteiger partial charge in [0.2, 0.25) is 0 Å². The first-order chi connectivity index (χ1) is 15.8. The van der Waals surface area contributed by atoms with Crippen LogP contribution < -0.4 is 5.32 Å². The van der Waals surface area contributed by atoms with Gasteiger partial charge in [-0.15, -0.1) is 11.3 Å². The van der Waals surface area contributed by atoms with E-state index < -0.39 is 11.9 Å². The minimum absolute atomic E-state index is 0.178. The number of hydrogen-bond acceptors (Lipinski definition) is 7. The van der Waals surface area contributed by atoms with Crippen LogP contribution in [0, 0.1) is 13.8 Å². The van der Waals surface area contributed by atoms with Crippen molar-refractivity contribution in [2.24, 2.45) is 0 Å². The number of amides is 1. The fourth-order valence-corrected chi connectivity index (χ4v) is 4.70. The number of pyridine rings is 1. The van der Waals surface area contributed by atoms with Gasteiger partial charge in [0, 0.05) is 5.39 Å². The van der Waals surface area contributed by atoms with Crippen LogP contribution in [-0.4, -0.2) is 29.3 Å². The maximum Gasteiger partial charge on any atom is 0.341 e. The van der Waals surface area contributed by atoms with E-state index >= 15 is 0 Å². The molecule has 0 radical (unpaired) electrons. The van der Waals surface area contributed by atoms with E-state index in [0.717, 1.165) is 17.1 Å². The molecule has 4 rings (SSSR count). The summed E-state index contributed by atoms with van der Waals surface area (Å²) in [4.78, 5) is 43.1. The molecule has 0 spiro atoms. The average Bonchev–Trinajstić information content (AvgIpc) is 3.36. The minimum Gasteiger partial charge on any atom is -0.462 e. The lowest BCUT2D eigenvalue weighted by Crippen LogP contribution is -2.15. The van der Waals surface area contributed by atoms with Gasteiger partial charge in [0.1, 0.15) is 16.5 Å². The average molecular weight is 463 g/mol. The number of aryl methyl sites for hydroxylation is 1. The first-order valence-electron chi connectivity index (χ1n) is 10.4. The van der Waals surface area contributed by atoms with Crippen LogP contribution in [0.25, 0.3) is 22.4 Å². The zero-order chi connectivity index (χ0) is 23.7. The molecular weight excluding hydrogens is 440 g/mol. The van der Waals surface area contributed by atoms with Crippen molar-refractivity contribution in [3.05, 3.63) is 69.8 Å². The number of ether oxygens (including phenoxy) is 1. The number of aromatic nitrogens is 1. The number of benzene rings is 1. The second-order valence-corrected chi connectivity index (χ2v) is 8.49. The monoisotopic (exact) mass is 462 g/mol. The summed E-state index contributed by atoms with van der Waals surface area (Å²) in [6.45, 7) is 6.81. The van der Waals surface area contributed by atoms with Gasteiger partial charge in [0.15, 0.2) is 11.5 Å². The van der Waals surface area contributed by atoms with Crippen molar-refractivity contribution in [1.82, 2.24) is 4.98 Å². The molecule has 0 aliphatic heterocycles. The molecule has 4 aromatic rings. The second-order valence-electron chi connectivity index (χ2n) is 7.47. The highest BCUT2D eigenvalue weighted by molar-refractivity contribution is 7.18. The number of carbonyl (C=O) groups is 3. The quantitative estimate of drug-likeness (QED) is 0.287. The Morgan fingerprint density at radius 2 is 1.88 bits per heavy atom. The van der Waals surface area contributed by atoms with Gasteiger partial charge in [-0.2, -0.15) is 0 Å². The summed E-state index contributed by atoms with van der Waals surface area (Å²) in [5.41, 5.74) is 2.21. The Morgan fingerprint density at radius 3 is 2.55 bits per heavy atom. The number of nitrogens with zero attached hydrogens (tertiary/aromatic N) is 1. The number of esters is 1. The van der Waals surface area contributed by atoms with Crippen molar-refractivity contribution < 1.29 is 23.5 Å². The molecule has 33 heavy (non-hydrogen) atoms. The third-order valence-corrected chi connectivity index (χ3v) is 6.43. The molecule has 0 aliphatic carbocycles. The van der Waals surface area contributed by atoms with Crippen LogP contribution in [-0.2, 0) is 4.74 Å². The molecule has 0 aliphatic rings. The van der Waals surface area contributed by atoms with E-state index in [9.17, 15) is 14.4 Å². The summed E-state index contributed by atoms with van der Waals surface area (Å²) in [7, 11) is 0. The number of carbonyl (C=O) groups excluding carboxylic acids is 3. The predicted molar refractivity (Wildman–Crippen MR) is 127 cm³/mol. The Hall–Kier alpha value is -3.78. The van der Waals surface area contributed by atoms with E-state index in [4.69, 9.17) is 9.15 Å². The largest absolute Gasteiger partial charge is 0.462 e. The Morgan fingerprint density at radius 1 is 1.12 bits per heavy atom. The van der Waals surface area contributed by atoms with Crippen molar-refractivity contribution in [2.45, 2.75) is 27.7 Å². The number of Topliss-reactive ketones (excluding diaryl/α,β-unsaturated/α-hetero) is 1. The molecule has 0 saturated carbocycles. The molecule has 1 N–H and O–H groups in total. The smallest absolute Gasteiger partial charge is 0.341 e. The van der Waals surface area contributed by atoms with Crippen LogP contribution in [0.4, 0.5) is 5.00 Å². The molecule has 7 nitrogen and oxygen atoms in total. The number of hydrogen-bond donors (Lipinski definition) is 1. The maximum atomic E-state index is 13.4. The number of para-hydroxylation sites is 1. The number of anilines is 1. The molecule has 1 aromatic carbocycles. The van der Waals surface area contributed by atoms with Crippen LogP contribution in [0.2, 0.25) is 0 Å². The third-order valence-electron chi connectivity index (χ3n) is 5.13. The molecule has 0 bridgehead atoms. The van der Waals surface area contributed by atoms with Gasteiger partial charge in [-0.25, -0.2) is 9.78 Å². The molecule has 168 valence electrons. The predicted octanol–water partition coefficient (Wildman–Crippen LogP) is 5.80. The third kappa shape index (κ3) is 4.29. The molecule has 3 aromatic heterocycles. The Balaban J connectivity index is 1.81. The first-order valence-corrected chi connectivity index (χ1v) is 11.2. The van der Waals surface area contributed by atoms with E-state index in [-0.39, 0.29) is 23.0 Å².